The molecule has 7 heteroatoms. The van der Waals surface area contributed by atoms with Crippen LogP contribution in [0.15, 0.2) is 35.8 Å². The van der Waals surface area contributed by atoms with Crippen molar-refractivity contribution in [1.82, 2.24) is 14.5 Å². The van der Waals surface area contributed by atoms with Crippen LogP contribution in [0.25, 0.3) is 11.3 Å². The van der Waals surface area contributed by atoms with Gasteiger partial charge in [0.05, 0.1) is 11.8 Å². The third-order valence-corrected chi connectivity index (χ3v) is 5.64. The van der Waals surface area contributed by atoms with E-state index in [0.29, 0.717) is 16.9 Å². The normalized spacial score (nSPS) is 16.6. The lowest BCUT2D eigenvalue weighted by atomic mass is 10.2. The van der Waals surface area contributed by atoms with Crippen LogP contribution < -0.4 is 5.32 Å². The molecule has 3 aromatic rings. The Hall–Kier alpha value is -2.51. The smallest absolute Gasteiger partial charge is 0.276 e. The number of anilines is 1. The number of ether oxygens (including phenoxy) is 1. The molecule has 0 saturated carbocycles. The molecule has 6 nitrogen and oxygen atoms in total. The molecule has 1 atom stereocenters. The summed E-state index contributed by atoms with van der Waals surface area (Å²) < 4.78 is 8.09. The average molecular weight is 382 g/mol. The number of hydrogen-bond donors (Lipinski definition) is 1. The second kappa shape index (κ2) is 7.62. The van der Waals surface area contributed by atoms with Crippen LogP contribution in [0.2, 0.25) is 0 Å². The minimum absolute atomic E-state index is 0.250. The highest BCUT2D eigenvalue weighted by molar-refractivity contribution is 7.14. The van der Waals surface area contributed by atoms with E-state index in [1.807, 2.05) is 5.38 Å². The SMILES string of the molecule is Cc1cc(-c2csc(NC(=O)c3ccccn3)n2)c(C)n1CC1CCCO1. The van der Waals surface area contributed by atoms with Crippen molar-refractivity contribution in [3.05, 3.63) is 52.9 Å². The monoisotopic (exact) mass is 382 g/mol. The second-order valence-corrected chi connectivity index (χ2v) is 7.60. The van der Waals surface area contributed by atoms with E-state index in [4.69, 9.17) is 4.74 Å². The molecule has 0 aromatic carbocycles. The number of thiazole rings is 1. The zero-order valence-electron chi connectivity index (χ0n) is 15.4. The number of nitrogens with one attached hydrogen (secondary N) is 1. The Morgan fingerprint density at radius 3 is 3.04 bits per heavy atom. The Kier molecular flexibility index (Phi) is 5.05. The summed E-state index contributed by atoms with van der Waals surface area (Å²) in [6.45, 7) is 5.97. The number of pyridine rings is 1. The van der Waals surface area contributed by atoms with Crippen LogP contribution in [-0.4, -0.2) is 33.2 Å². The fourth-order valence-corrected chi connectivity index (χ4v) is 4.15. The molecule has 1 aliphatic rings. The minimum atomic E-state index is -0.250. The maximum absolute atomic E-state index is 12.3. The van der Waals surface area contributed by atoms with Crippen molar-refractivity contribution < 1.29 is 9.53 Å². The van der Waals surface area contributed by atoms with Gasteiger partial charge in [0.15, 0.2) is 5.13 Å². The third-order valence-electron chi connectivity index (χ3n) is 4.88. The fraction of sp³-hybridized carbons (Fsp3) is 0.350. The van der Waals surface area contributed by atoms with Gasteiger partial charge >= 0.3 is 0 Å². The molecule has 1 aliphatic heterocycles. The predicted octanol–water partition coefficient (Wildman–Crippen LogP) is 4.05. The van der Waals surface area contributed by atoms with Crippen LogP contribution >= 0.6 is 11.3 Å². The van der Waals surface area contributed by atoms with Gasteiger partial charge in [-0.1, -0.05) is 6.07 Å². The summed E-state index contributed by atoms with van der Waals surface area (Å²) >= 11 is 1.42. The highest BCUT2D eigenvalue weighted by Gasteiger charge is 2.20. The van der Waals surface area contributed by atoms with Crippen LogP contribution in [0.3, 0.4) is 0 Å². The highest BCUT2D eigenvalue weighted by Crippen LogP contribution is 2.31. The van der Waals surface area contributed by atoms with Crippen LogP contribution in [0.4, 0.5) is 5.13 Å². The van der Waals surface area contributed by atoms with Gasteiger partial charge in [0.2, 0.25) is 0 Å². The maximum Gasteiger partial charge on any atom is 0.276 e. The summed E-state index contributed by atoms with van der Waals surface area (Å²) in [5.74, 6) is -0.250. The number of carbonyl (C=O) groups excluding carboxylic acids is 1. The highest BCUT2D eigenvalue weighted by atomic mass is 32.1. The lowest BCUT2D eigenvalue weighted by molar-refractivity contribution is 0.0962. The molecular weight excluding hydrogens is 360 g/mol. The molecule has 1 saturated heterocycles. The molecule has 4 rings (SSSR count). The molecule has 140 valence electrons. The van der Waals surface area contributed by atoms with Crippen LogP contribution in [-0.2, 0) is 11.3 Å². The minimum Gasteiger partial charge on any atom is -0.376 e. The molecule has 0 bridgehead atoms. The molecule has 1 N–H and O–H groups in total. The quantitative estimate of drug-likeness (QED) is 0.723. The summed E-state index contributed by atoms with van der Waals surface area (Å²) in [6, 6.07) is 7.41. The van der Waals surface area contributed by atoms with Gasteiger partial charge in [-0.2, -0.15) is 0 Å². The predicted molar refractivity (Wildman–Crippen MR) is 106 cm³/mol. The fourth-order valence-electron chi connectivity index (χ4n) is 3.45. The summed E-state index contributed by atoms with van der Waals surface area (Å²) in [4.78, 5) is 20.9. The van der Waals surface area contributed by atoms with E-state index in [9.17, 15) is 4.79 Å². The van der Waals surface area contributed by atoms with E-state index in [0.717, 1.165) is 37.3 Å². The van der Waals surface area contributed by atoms with E-state index in [2.05, 4.69) is 39.8 Å². The van der Waals surface area contributed by atoms with Crippen molar-refractivity contribution in [3.8, 4) is 11.3 Å². The van der Waals surface area contributed by atoms with Crippen LogP contribution in [0, 0.1) is 13.8 Å². The van der Waals surface area contributed by atoms with Crippen molar-refractivity contribution in [1.29, 1.82) is 0 Å². The van der Waals surface area contributed by atoms with E-state index in [1.165, 1.54) is 22.7 Å². The second-order valence-electron chi connectivity index (χ2n) is 6.74. The molecule has 0 spiro atoms. The Balaban J connectivity index is 1.52. The topological polar surface area (TPSA) is 69.0 Å². The van der Waals surface area contributed by atoms with Crippen molar-refractivity contribution in [2.45, 2.75) is 39.3 Å². The van der Waals surface area contributed by atoms with Crippen molar-refractivity contribution in [2.75, 3.05) is 11.9 Å². The first kappa shape index (κ1) is 17.9. The molecule has 4 heterocycles. The van der Waals surface area contributed by atoms with E-state index in [-0.39, 0.29) is 5.91 Å². The zero-order chi connectivity index (χ0) is 18.8. The number of rotatable bonds is 5. The van der Waals surface area contributed by atoms with Crippen molar-refractivity contribution in [2.24, 2.45) is 0 Å². The summed E-state index contributed by atoms with van der Waals surface area (Å²) in [7, 11) is 0. The molecular formula is C20H22N4O2S. The summed E-state index contributed by atoms with van der Waals surface area (Å²) in [5.41, 5.74) is 4.73. The molecule has 1 fully saturated rings. The van der Waals surface area contributed by atoms with Crippen molar-refractivity contribution >= 4 is 22.4 Å². The van der Waals surface area contributed by atoms with Crippen LogP contribution in [0.1, 0.15) is 34.7 Å². The zero-order valence-corrected chi connectivity index (χ0v) is 16.3. The van der Waals surface area contributed by atoms with Gasteiger partial charge in [0.25, 0.3) is 5.91 Å². The van der Waals surface area contributed by atoms with Gasteiger partial charge in [-0.25, -0.2) is 4.98 Å². The summed E-state index contributed by atoms with van der Waals surface area (Å²) in [6.07, 6.45) is 4.16. The third kappa shape index (κ3) is 3.79. The number of hydrogen-bond acceptors (Lipinski definition) is 5. The van der Waals surface area contributed by atoms with Gasteiger partial charge < -0.3 is 9.30 Å². The number of aryl methyl sites for hydroxylation is 1. The Morgan fingerprint density at radius 2 is 2.30 bits per heavy atom. The lowest BCUT2D eigenvalue weighted by Crippen LogP contribution is -2.16. The average Bonchev–Trinajstić information content (AvgIpc) is 3.41. The maximum atomic E-state index is 12.3. The molecule has 3 aromatic heterocycles. The van der Waals surface area contributed by atoms with Gasteiger partial charge in [-0.15, -0.1) is 11.3 Å². The molecule has 1 unspecified atom stereocenters. The first-order chi connectivity index (χ1) is 13.1. The Bertz CT molecular complexity index is 942. The number of nitrogens with zero attached hydrogens (tertiary/aromatic N) is 3. The van der Waals surface area contributed by atoms with Gasteiger partial charge in [-0.05, 0) is 44.9 Å². The van der Waals surface area contributed by atoms with E-state index < -0.39 is 0 Å². The van der Waals surface area contributed by atoms with Gasteiger partial charge in [0.1, 0.15) is 5.69 Å². The van der Waals surface area contributed by atoms with Gasteiger partial charge in [-0.3, -0.25) is 15.1 Å². The summed E-state index contributed by atoms with van der Waals surface area (Å²) in [5, 5.41) is 5.38. The number of amides is 1. The molecule has 0 aliphatic carbocycles. The molecule has 0 radical (unpaired) electrons. The van der Waals surface area contributed by atoms with E-state index in [1.54, 1.807) is 24.4 Å². The number of aromatic nitrogens is 3. The van der Waals surface area contributed by atoms with Gasteiger partial charge in [0, 0.05) is 41.7 Å². The first-order valence-electron chi connectivity index (χ1n) is 9.08. The van der Waals surface area contributed by atoms with E-state index >= 15 is 0 Å². The largest absolute Gasteiger partial charge is 0.376 e. The van der Waals surface area contributed by atoms with Crippen LogP contribution in [0.5, 0.6) is 0 Å². The number of carbonyl (C=O) groups is 1. The Labute approximate surface area is 162 Å². The van der Waals surface area contributed by atoms with Crippen molar-refractivity contribution in [3.63, 3.8) is 0 Å². The molecule has 27 heavy (non-hydrogen) atoms. The molecule has 1 amide bonds. The lowest BCUT2D eigenvalue weighted by Gasteiger charge is -2.14. The first-order valence-corrected chi connectivity index (χ1v) is 9.96. The Morgan fingerprint density at radius 1 is 1.41 bits per heavy atom. The standard InChI is InChI=1S/C20H22N4O2S/c1-13-10-16(14(2)24(13)11-15-6-5-9-26-15)18-12-27-20(22-18)23-19(25)17-7-3-4-8-21-17/h3-4,7-8,10,12,15H,5-6,9,11H2,1-2H3,(H,22,23,25).